The van der Waals surface area contributed by atoms with E-state index in [1.165, 1.54) is 40.9 Å². The van der Waals surface area contributed by atoms with Gasteiger partial charge in [0.2, 0.25) is 10.0 Å². The summed E-state index contributed by atoms with van der Waals surface area (Å²) in [5.74, 6) is -0.519. The first kappa shape index (κ1) is 22.3. The summed E-state index contributed by atoms with van der Waals surface area (Å²) in [6, 6.07) is 12.2. The van der Waals surface area contributed by atoms with E-state index in [-0.39, 0.29) is 23.2 Å². The molecule has 3 rings (SSSR count). The third-order valence-corrected chi connectivity index (χ3v) is 7.20. The van der Waals surface area contributed by atoms with Crippen molar-refractivity contribution in [2.75, 3.05) is 6.54 Å². The molecule has 0 aliphatic heterocycles. The Hall–Kier alpha value is -2.42. The number of nitrogens with one attached hydrogen (secondary N) is 1. The van der Waals surface area contributed by atoms with Crippen molar-refractivity contribution in [2.45, 2.75) is 43.0 Å². The number of carbonyl (C=O) groups is 1. The molecule has 0 unspecified atom stereocenters. The molecule has 1 saturated carbocycles. The number of sulfonamides is 1. The molecule has 0 aromatic heterocycles. The number of rotatable bonds is 7. The predicted octanol–water partition coefficient (Wildman–Crippen LogP) is 3.52. The topological polar surface area (TPSA) is 99.1 Å². The number of hydrogen-bond donors (Lipinski definition) is 2. The number of benzene rings is 2. The molecule has 30 heavy (non-hydrogen) atoms. The van der Waals surface area contributed by atoms with Crippen molar-refractivity contribution in [2.24, 2.45) is 5.10 Å². The van der Waals surface area contributed by atoms with Crippen molar-refractivity contribution >= 4 is 33.7 Å². The molecular weight excluding hydrogens is 426 g/mol. The van der Waals surface area contributed by atoms with Crippen molar-refractivity contribution in [1.29, 1.82) is 0 Å². The summed E-state index contributed by atoms with van der Waals surface area (Å²) in [5, 5.41) is 14.0. The fourth-order valence-electron chi connectivity index (χ4n) is 3.47. The van der Waals surface area contributed by atoms with Crippen LogP contribution < -0.4 is 5.43 Å². The van der Waals surface area contributed by atoms with E-state index in [9.17, 15) is 18.3 Å². The number of para-hydroxylation sites is 1. The van der Waals surface area contributed by atoms with Crippen LogP contribution >= 0.6 is 11.6 Å². The summed E-state index contributed by atoms with van der Waals surface area (Å²) >= 11 is 5.89. The van der Waals surface area contributed by atoms with Gasteiger partial charge in [0.25, 0.3) is 5.91 Å². The van der Waals surface area contributed by atoms with Gasteiger partial charge in [-0.2, -0.15) is 9.41 Å². The Labute approximate surface area is 181 Å². The molecule has 0 heterocycles. The highest BCUT2D eigenvalue weighted by Crippen LogP contribution is 2.28. The summed E-state index contributed by atoms with van der Waals surface area (Å²) in [6.07, 6.45) is 5.63. The second-order valence-corrected chi connectivity index (χ2v) is 9.48. The van der Waals surface area contributed by atoms with Crippen molar-refractivity contribution in [3.05, 3.63) is 59.1 Å². The smallest absolute Gasteiger partial charge is 0.255 e. The van der Waals surface area contributed by atoms with Crippen LogP contribution in [0.1, 0.15) is 37.7 Å². The van der Waals surface area contributed by atoms with Crippen LogP contribution in [-0.2, 0) is 14.8 Å². The minimum absolute atomic E-state index is 0.0321. The van der Waals surface area contributed by atoms with Gasteiger partial charge in [-0.25, -0.2) is 13.8 Å². The molecular formula is C21H24ClN3O4S. The van der Waals surface area contributed by atoms with Gasteiger partial charge >= 0.3 is 0 Å². The van der Waals surface area contributed by atoms with Crippen LogP contribution in [0.4, 0.5) is 0 Å². The molecule has 2 aromatic carbocycles. The first-order valence-electron chi connectivity index (χ1n) is 9.75. The average molecular weight is 450 g/mol. The lowest BCUT2D eigenvalue weighted by molar-refractivity contribution is -0.121. The van der Waals surface area contributed by atoms with Crippen LogP contribution in [0.25, 0.3) is 0 Å². The first-order chi connectivity index (χ1) is 14.4. The monoisotopic (exact) mass is 449 g/mol. The first-order valence-corrected chi connectivity index (χ1v) is 11.6. The molecule has 0 radical (unpaired) electrons. The van der Waals surface area contributed by atoms with E-state index in [1.807, 2.05) is 0 Å². The van der Waals surface area contributed by atoms with Crippen LogP contribution in [0, 0.1) is 0 Å². The SMILES string of the molecule is O=C(CN(C1CCCCC1)S(=O)(=O)c1ccc(Cl)cc1)N/N=C/c1ccccc1O. The highest BCUT2D eigenvalue weighted by molar-refractivity contribution is 7.89. The zero-order chi connectivity index (χ0) is 21.6. The second-order valence-electron chi connectivity index (χ2n) is 7.15. The molecule has 7 nitrogen and oxygen atoms in total. The van der Waals surface area contributed by atoms with Crippen LogP contribution in [-0.4, -0.2) is 42.5 Å². The molecule has 0 spiro atoms. The number of nitrogens with zero attached hydrogens (tertiary/aromatic N) is 2. The molecule has 1 aliphatic rings. The van der Waals surface area contributed by atoms with E-state index < -0.39 is 15.9 Å². The highest BCUT2D eigenvalue weighted by atomic mass is 35.5. The zero-order valence-electron chi connectivity index (χ0n) is 16.4. The van der Waals surface area contributed by atoms with Gasteiger partial charge in [0.1, 0.15) is 5.75 Å². The molecule has 1 amide bonds. The molecule has 1 aliphatic carbocycles. The maximum Gasteiger partial charge on any atom is 0.255 e. The Kier molecular flexibility index (Phi) is 7.47. The summed E-state index contributed by atoms with van der Waals surface area (Å²) in [5.41, 5.74) is 2.79. The maximum atomic E-state index is 13.2. The molecule has 160 valence electrons. The second kappa shape index (κ2) is 10.1. The fourth-order valence-corrected chi connectivity index (χ4v) is 5.24. The van der Waals surface area contributed by atoms with Crippen LogP contribution in [0.5, 0.6) is 5.75 Å². The van der Waals surface area contributed by atoms with E-state index in [0.29, 0.717) is 23.4 Å². The number of aromatic hydroxyl groups is 1. The third kappa shape index (κ3) is 5.59. The summed E-state index contributed by atoms with van der Waals surface area (Å²) in [4.78, 5) is 12.6. The molecule has 0 bridgehead atoms. The number of phenolic OH excluding ortho intramolecular Hbond substituents is 1. The molecule has 0 saturated heterocycles. The van der Waals surface area contributed by atoms with E-state index in [4.69, 9.17) is 11.6 Å². The quantitative estimate of drug-likeness (QED) is 0.499. The highest BCUT2D eigenvalue weighted by Gasteiger charge is 2.33. The summed E-state index contributed by atoms with van der Waals surface area (Å²) in [6.45, 7) is -0.340. The minimum atomic E-state index is -3.87. The summed E-state index contributed by atoms with van der Waals surface area (Å²) < 4.78 is 27.8. The molecule has 2 N–H and O–H groups in total. The molecule has 0 atom stereocenters. The average Bonchev–Trinajstić information content (AvgIpc) is 2.74. The normalized spacial score (nSPS) is 15.5. The van der Waals surface area contributed by atoms with E-state index in [1.54, 1.807) is 18.2 Å². The van der Waals surface area contributed by atoms with Gasteiger partial charge in [0, 0.05) is 16.6 Å². The Morgan fingerprint density at radius 2 is 1.80 bits per heavy atom. The zero-order valence-corrected chi connectivity index (χ0v) is 17.9. The number of hydrogen-bond acceptors (Lipinski definition) is 5. The lowest BCUT2D eigenvalue weighted by atomic mass is 9.95. The molecule has 1 fully saturated rings. The Morgan fingerprint density at radius 1 is 1.13 bits per heavy atom. The van der Waals surface area contributed by atoms with E-state index in [2.05, 4.69) is 10.5 Å². The lowest BCUT2D eigenvalue weighted by Crippen LogP contribution is -2.46. The molecule has 2 aromatic rings. The van der Waals surface area contributed by atoms with Gasteiger partial charge in [0.15, 0.2) is 0 Å². The van der Waals surface area contributed by atoms with Gasteiger partial charge in [-0.3, -0.25) is 4.79 Å². The minimum Gasteiger partial charge on any atom is -0.507 e. The number of halogens is 1. The standard InChI is InChI=1S/C21H24ClN3O4S/c22-17-10-12-19(13-11-17)30(28,29)25(18-7-2-1-3-8-18)15-21(27)24-23-14-16-6-4-5-9-20(16)26/h4-6,9-14,18,26H,1-3,7-8,15H2,(H,24,27)/b23-14+. The number of carbonyl (C=O) groups excluding carboxylic acids is 1. The van der Waals surface area contributed by atoms with Crippen LogP contribution in [0.15, 0.2) is 58.5 Å². The third-order valence-electron chi connectivity index (χ3n) is 5.03. The predicted molar refractivity (Wildman–Crippen MR) is 116 cm³/mol. The fraction of sp³-hybridized carbons (Fsp3) is 0.333. The number of amides is 1. The maximum absolute atomic E-state index is 13.2. The largest absolute Gasteiger partial charge is 0.507 e. The van der Waals surface area contributed by atoms with Gasteiger partial charge in [-0.15, -0.1) is 0 Å². The van der Waals surface area contributed by atoms with E-state index >= 15 is 0 Å². The van der Waals surface area contributed by atoms with Gasteiger partial charge in [-0.1, -0.05) is 43.0 Å². The van der Waals surface area contributed by atoms with Gasteiger partial charge in [0.05, 0.1) is 17.7 Å². The molecule has 9 heteroatoms. The van der Waals surface area contributed by atoms with E-state index in [0.717, 1.165) is 19.3 Å². The van der Waals surface area contributed by atoms with Crippen molar-refractivity contribution < 1.29 is 18.3 Å². The number of phenols is 1. The van der Waals surface area contributed by atoms with Crippen molar-refractivity contribution in [3.63, 3.8) is 0 Å². The Bertz CT molecular complexity index is 1000. The van der Waals surface area contributed by atoms with Crippen LogP contribution in [0.2, 0.25) is 5.02 Å². The van der Waals surface area contributed by atoms with Crippen LogP contribution in [0.3, 0.4) is 0 Å². The lowest BCUT2D eigenvalue weighted by Gasteiger charge is -2.32. The van der Waals surface area contributed by atoms with Crippen molar-refractivity contribution in [3.8, 4) is 5.75 Å². The van der Waals surface area contributed by atoms with Gasteiger partial charge < -0.3 is 5.11 Å². The Balaban J connectivity index is 1.76. The van der Waals surface area contributed by atoms with Gasteiger partial charge in [-0.05, 0) is 49.2 Å². The summed E-state index contributed by atoms with van der Waals surface area (Å²) in [7, 11) is -3.87. The Morgan fingerprint density at radius 3 is 2.47 bits per heavy atom. The number of hydrazone groups is 1. The van der Waals surface area contributed by atoms with Crippen molar-refractivity contribution in [1.82, 2.24) is 9.73 Å².